The van der Waals surface area contributed by atoms with Gasteiger partial charge in [-0.15, -0.1) is 11.8 Å². The highest BCUT2D eigenvalue weighted by molar-refractivity contribution is 8.00. The molecule has 1 amide bonds. The van der Waals surface area contributed by atoms with Crippen molar-refractivity contribution in [1.82, 2.24) is 10.2 Å². The summed E-state index contributed by atoms with van der Waals surface area (Å²) in [7, 11) is 0. The molecule has 3 nitrogen and oxygen atoms in total. The Balaban J connectivity index is 2.29. The van der Waals surface area contributed by atoms with Gasteiger partial charge >= 0.3 is 0 Å². The summed E-state index contributed by atoms with van der Waals surface area (Å²) in [4.78, 5) is 14.6. The molecule has 0 aliphatic carbocycles. The van der Waals surface area contributed by atoms with Gasteiger partial charge in [-0.25, -0.2) is 0 Å². The summed E-state index contributed by atoms with van der Waals surface area (Å²) in [5.74, 6) is 1.05. The van der Waals surface area contributed by atoms with Crippen LogP contribution >= 0.6 is 11.8 Å². The molecule has 4 heteroatoms. The van der Waals surface area contributed by atoms with E-state index in [1.54, 1.807) is 0 Å². The summed E-state index contributed by atoms with van der Waals surface area (Å²) in [6.45, 7) is 8.59. The first-order valence-corrected chi connectivity index (χ1v) is 9.92. The van der Waals surface area contributed by atoms with E-state index in [4.69, 9.17) is 0 Å². The average molecular weight is 315 g/mol. The maximum absolute atomic E-state index is 12.5. The summed E-state index contributed by atoms with van der Waals surface area (Å²) in [5.41, 5.74) is 0. The molecule has 0 unspecified atom stereocenters. The zero-order valence-corrected chi connectivity index (χ0v) is 14.8. The molecule has 1 N–H and O–H groups in total. The smallest absolute Gasteiger partial charge is 0.232 e. The molecule has 0 atom stereocenters. The van der Waals surface area contributed by atoms with Crippen LogP contribution in [-0.4, -0.2) is 48.0 Å². The van der Waals surface area contributed by atoms with Crippen molar-refractivity contribution < 1.29 is 4.79 Å². The third-order valence-corrected chi connectivity index (χ3v) is 5.50. The highest BCUT2D eigenvalue weighted by atomic mass is 32.2. The molecule has 0 aromatic heterocycles. The van der Waals surface area contributed by atoms with Crippen LogP contribution in [0.1, 0.15) is 65.2 Å². The van der Waals surface area contributed by atoms with E-state index in [9.17, 15) is 4.79 Å². The molecule has 1 heterocycles. The van der Waals surface area contributed by atoms with Crippen LogP contribution in [0.5, 0.6) is 0 Å². The number of rotatable bonds is 11. The van der Waals surface area contributed by atoms with Crippen molar-refractivity contribution in [2.45, 2.75) is 70.5 Å². The SMILES string of the molecule is CCCCCN(CCCCC)C(=O)CSC1CCNCC1. The van der Waals surface area contributed by atoms with Crippen LogP contribution in [0.15, 0.2) is 0 Å². The van der Waals surface area contributed by atoms with Gasteiger partial charge in [0, 0.05) is 18.3 Å². The summed E-state index contributed by atoms with van der Waals surface area (Å²) in [6, 6.07) is 0. The standard InChI is InChI=1S/C17H34N2OS/c1-3-5-7-13-19(14-8-6-4-2)17(20)15-21-16-9-11-18-12-10-16/h16,18H,3-15H2,1-2H3. The lowest BCUT2D eigenvalue weighted by molar-refractivity contribution is -0.128. The van der Waals surface area contributed by atoms with Gasteiger partial charge in [-0.2, -0.15) is 0 Å². The molecule has 124 valence electrons. The molecule has 0 spiro atoms. The van der Waals surface area contributed by atoms with Crippen LogP contribution in [0.4, 0.5) is 0 Å². The maximum Gasteiger partial charge on any atom is 0.232 e. The van der Waals surface area contributed by atoms with E-state index >= 15 is 0 Å². The summed E-state index contributed by atoms with van der Waals surface area (Å²) < 4.78 is 0. The van der Waals surface area contributed by atoms with Gasteiger partial charge in [-0.05, 0) is 38.8 Å². The molecule has 1 fully saturated rings. The zero-order chi connectivity index (χ0) is 15.3. The number of thioether (sulfide) groups is 1. The van der Waals surface area contributed by atoms with Gasteiger partial charge in [-0.3, -0.25) is 4.79 Å². The van der Waals surface area contributed by atoms with Gasteiger partial charge in [0.1, 0.15) is 0 Å². The second-order valence-corrected chi connectivity index (χ2v) is 7.34. The van der Waals surface area contributed by atoms with E-state index in [1.807, 2.05) is 11.8 Å². The van der Waals surface area contributed by atoms with Crippen molar-refractivity contribution in [2.24, 2.45) is 0 Å². The number of nitrogens with one attached hydrogen (secondary N) is 1. The van der Waals surface area contributed by atoms with Crippen molar-refractivity contribution in [3.05, 3.63) is 0 Å². The van der Waals surface area contributed by atoms with Crippen LogP contribution in [0, 0.1) is 0 Å². The minimum Gasteiger partial charge on any atom is -0.342 e. The molecule has 0 aromatic rings. The Morgan fingerprint density at radius 3 is 2.14 bits per heavy atom. The molecular formula is C17H34N2OS. The molecule has 1 aliphatic rings. The minimum atomic E-state index is 0.366. The Labute approximate surface area is 135 Å². The predicted molar refractivity (Wildman–Crippen MR) is 94.0 cm³/mol. The normalized spacial score (nSPS) is 16.1. The van der Waals surface area contributed by atoms with Crippen molar-refractivity contribution >= 4 is 17.7 Å². The summed E-state index contributed by atoms with van der Waals surface area (Å²) in [6.07, 6.45) is 9.66. The van der Waals surface area contributed by atoms with E-state index in [2.05, 4.69) is 24.1 Å². The van der Waals surface area contributed by atoms with Gasteiger partial charge in [0.2, 0.25) is 5.91 Å². The molecule has 0 radical (unpaired) electrons. The Morgan fingerprint density at radius 2 is 1.62 bits per heavy atom. The molecule has 0 saturated carbocycles. The maximum atomic E-state index is 12.5. The largest absolute Gasteiger partial charge is 0.342 e. The monoisotopic (exact) mass is 314 g/mol. The van der Waals surface area contributed by atoms with Gasteiger partial charge in [-0.1, -0.05) is 39.5 Å². The topological polar surface area (TPSA) is 32.3 Å². The van der Waals surface area contributed by atoms with Crippen molar-refractivity contribution in [3.63, 3.8) is 0 Å². The van der Waals surface area contributed by atoms with Crippen LogP contribution in [-0.2, 0) is 4.79 Å². The van der Waals surface area contributed by atoms with E-state index < -0.39 is 0 Å². The third-order valence-electron chi connectivity index (χ3n) is 4.14. The fourth-order valence-corrected chi connectivity index (χ4v) is 3.84. The highest BCUT2D eigenvalue weighted by Gasteiger charge is 2.18. The Bertz CT molecular complexity index is 258. The van der Waals surface area contributed by atoms with Gasteiger partial charge in [0.25, 0.3) is 0 Å². The summed E-state index contributed by atoms with van der Waals surface area (Å²) >= 11 is 1.88. The number of amides is 1. The predicted octanol–water partition coefficient (Wildman–Crippen LogP) is 3.68. The van der Waals surface area contributed by atoms with Crippen LogP contribution in [0.2, 0.25) is 0 Å². The Hall–Kier alpha value is -0.220. The fraction of sp³-hybridized carbons (Fsp3) is 0.941. The van der Waals surface area contributed by atoms with E-state index in [-0.39, 0.29) is 0 Å². The average Bonchev–Trinajstić information content (AvgIpc) is 2.52. The lowest BCUT2D eigenvalue weighted by Gasteiger charge is -2.25. The third kappa shape index (κ3) is 8.72. The number of hydrogen-bond donors (Lipinski definition) is 1. The Morgan fingerprint density at radius 1 is 1.05 bits per heavy atom. The number of hydrogen-bond acceptors (Lipinski definition) is 3. The van der Waals surface area contributed by atoms with Crippen molar-refractivity contribution in [2.75, 3.05) is 31.9 Å². The first-order valence-electron chi connectivity index (χ1n) is 8.88. The zero-order valence-electron chi connectivity index (χ0n) is 14.0. The van der Waals surface area contributed by atoms with Crippen molar-refractivity contribution in [1.29, 1.82) is 0 Å². The molecule has 0 bridgehead atoms. The highest BCUT2D eigenvalue weighted by Crippen LogP contribution is 2.20. The fourth-order valence-electron chi connectivity index (χ4n) is 2.71. The van der Waals surface area contributed by atoms with Crippen LogP contribution in [0.25, 0.3) is 0 Å². The molecule has 0 aromatic carbocycles. The van der Waals surface area contributed by atoms with Crippen LogP contribution in [0.3, 0.4) is 0 Å². The number of piperidine rings is 1. The van der Waals surface area contributed by atoms with Gasteiger partial charge < -0.3 is 10.2 Å². The van der Waals surface area contributed by atoms with Crippen molar-refractivity contribution in [3.8, 4) is 0 Å². The quantitative estimate of drug-likeness (QED) is 0.590. The summed E-state index contributed by atoms with van der Waals surface area (Å²) in [5, 5.41) is 4.07. The van der Waals surface area contributed by atoms with E-state index in [0.717, 1.165) is 39.0 Å². The second-order valence-electron chi connectivity index (χ2n) is 6.06. The van der Waals surface area contributed by atoms with E-state index in [1.165, 1.54) is 38.5 Å². The first kappa shape index (κ1) is 18.8. The van der Waals surface area contributed by atoms with E-state index in [0.29, 0.717) is 16.9 Å². The van der Waals surface area contributed by atoms with Gasteiger partial charge in [0.05, 0.1) is 5.75 Å². The number of nitrogens with zero attached hydrogens (tertiary/aromatic N) is 1. The Kier molecular flexibility index (Phi) is 11.1. The molecular weight excluding hydrogens is 280 g/mol. The number of carbonyl (C=O) groups is 1. The lowest BCUT2D eigenvalue weighted by atomic mass is 10.2. The number of unbranched alkanes of at least 4 members (excludes halogenated alkanes) is 4. The first-order chi connectivity index (χ1) is 10.3. The molecule has 21 heavy (non-hydrogen) atoms. The molecule has 1 aliphatic heterocycles. The van der Waals surface area contributed by atoms with Crippen LogP contribution < -0.4 is 5.32 Å². The van der Waals surface area contributed by atoms with Gasteiger partial charge in [0.15, 0.2) is 0 Å². The minimum absolute atomic E-state index is 0.366. The number of carbonyl (C=O) groups excluding carboxylic acids is 1. The molecule has 1 saturated heterocycles. The lowest BCUT2D eigenvalue weighted by Crippen LogP contribution is -2.35. The molecule has 1 rings (SSSR count). The second kappa shape index (κ2) is 12.3.